The third-order valence-corrected chi connectivity index (χ3v) is 5.74. The van der Waals surface area contributed by atoms with Crippen LogP contribution < -0.4 is 16.8 Å². The Morgan fingerprint density at radius 2 is 1.71 bits per heavy atom. The normalized spacial score (nSPS) is 10.6. The maximum absolute atomic E-state index is 12.3. The molecule has 0 saturated heterocycles. The monoisotopic (exact) mass is 500 g/mol. The zero-order valence-electron chi connectivity index (χ0n) is 22.2. The number of rotatable bonds is 8. The first-order valence-corrected chi connectivity index (χ1v) is 13.3. The maximum atomic E-state index is 12.3. The van der Waals surface area contributed by atoms with Crippen molar-refractivity contribution in [3.8, 4) is 0 Å². The number of amides is 2. The molecule has 3 rings (SSSR count). The molecule has 0 aliphatic heterocycles. The van der Waals surface area contributed by atoms with E-state index in [1.807, 2.05) is 32.0 Å². The Hall–Kier alpha value is -2.77. The lowest BCUT2D eigenvalue weighted by atomic mass is 10.0. The van der Waals surface area contributed by atoms with Crippen LogP contribution in [0.2, 0.25) is 0 Å². The highest BCUT2D eigenvalue weighted by molar-refractivity contribution is 7.18. The molecule has 0 aliphatic carbocycles. The number of nitrogens with two attached hydrogens (primary N) is 2. The number of primary amides is 1. The molecule has 6 nitrogen and oxygen atoms in total. The van der Waals surface area contributed by atoms with Gasteiger partial charge in [0.15, 0.2) is 0 Å². The van der Waals surface area contributed by atoms with Crippen LogP contribution in [0.15, 0.2) is 48.5 Å². The van der Waals surface area contributed by atoms with Gasteiger partial charge in [-0.2, -0.15) is 0 Å². The third-order valence-electron chi connectivity index (χ3n) is 4.66. The summed E-state index contributed by atoms with van der Waals surface area (Å²) in [6.45, 7) is 13.1. The van der Waals surface area contributed by atoms with E-state index in [2.05, 4.69) is 74.1 Å². The van der Waals surface area contributed by atoms with E-state index in [0.717, 1.165) is 16.9 Å². The number of carbonyl (C=O) groups is 2. The molecule has 3 aromatic rings. The molecule has 1 aromatic heterocycles. The summed E-state index contributed by atoms with van der Waals surface area (Å²) in [5.74, 6) is 0.534. The Kier molecular flexibility index (Phi) is 18.0. The smallest absolute Gasteiger partial charge is 0.220 e. The summed E-state index contributed by atoms with van der Waals surface area (Å²) in [6.07, 6.45) is 3.34. The summed E-state index contributed by atoms with van der Waals surface area (Å²) in [6, 6.07) is 16.5. The van der Waals surface area contributed by atoms with Crippen molar-refractivity contribution in [1.82, 2.24) is 10.3 Å². The molecule has 0 saturated carbocycles. The van der Waals surface area contributed by atoms with Crippen molar-refractivity contribution in [1.29, 1.82) is 0 Å². The number of thiazole rings is 1. The zero-order chi connectivity index (χ0) is 26.6. The molecule has 1 atom stereocenters. The highest BCUT2D eigenvalue weighted by atomic mass is 32.1. The van der Waals surface area contributed by atoms with Crippen LogP contribution >= 0.6 is 11.3 Å². The zero-order valence-corrected chi connectivity index (χ0v) is 23.0. The second-order valence-corrected chi connectivity index (χ2v) is 9.14. The van der Waals surface area contributed by atoms with E-state index in [1.165, 1.54) is 22.2 Å². The van der Waals surface area contributed by atoms with E-state index in [4.69, 9.17) is 10.5 Å². The van der Waals surface area contributed by atoms with Crippen molar-refractivity contribution in [2.24, 2.45) is 11.5 Å². The lowest BCUT2D eigenvalue weighted by Crippen LogP contribution is -2.41. The van der Waals surface area contributed by atoms with Crippen LogP contribution in [-0.2, 0) is 22.4 Å². The second kappa shape index (κ2) is 19.5. The van der Waals surface area contributed by atoms with Gasteiger partial charge in [0.1, 0.15) is 0 Å². The SMILES string of the molecule is CC.CC(C)c1ccc2nc(CCC(=O)NC(CN)Cc3ccccc3)sc2c1.CCC.NC=O. The van der Waals surface area contributed by atoms with Gasteiger partial charge in [-0.05, 0) is 35.6 Å². The highest BCUT2D eigenvalue weighted by Crippen LogP contribution is 2.26. The molecule has 5 N–H and O–H groups in total. The molecule has 0 spiro atoms. The number of carbonyl (C=O) groups excluding carboxylic acids is 2. The molecule has 1 heterocycles. The summed E-state index contributed by atoms with van der Waals surface area (Å²) in [7, 11) is 0. The number of nitrogens with zero attached hydrogens (tertiary/aromatic N) is 1. The number of benzene rings is 2. The fourth-order valence-corrected chi connectivity index (χ4v) is 4.08. The summed E-state index contributed by atoms with van der Waals surface area (Å²) in [5, 5.41) is 4.06. The van der Waals surface area contributed by atoms with Crippen molar-refractivity contribution in [3.63, 3.8) is 0 Å². The summed E-state index contributed by atoms with van der Waals surface area (Å²) < 4.78 is 1.19. The number of aromatic nitrogens is 1. The van der Waals surface area contributed by atoms with Gasteiger partial charge in [0, 0.05) is 25.4 Å². The molecule has 0 aliphatic rings. The van der Waals surface area contributed by atoms with Crippen LogP contribution in [0.3, 0.4) is 0 Å². The minimum absolute atomic E-state index is 0.0310. The van der Waals surface area contributed by atoms with Crippen molar-refractivity contribution < 1.29 is 9.59 Å². The van der Waals surface area contributed by atoms with Crippen LogP contribution in [0, 0.1) is 0 Å². The van der Waals surface area contributed by atoms with Crippen LogP contribution in [0.5, 0.6) is 0 Å². The Bertz CT molecular complexity index is 958. The van der Waals surface area contributed by atoms with Crippen molar-refractivity contribution >= 4 is 33.9 Å². The summed E-state index contributed by atoms with van der Waals surface area (Å²) in [4.78, 5) is 25.6. The predicted molar refractivity (Wildman–Crippen MR) is 151 cm³/mol. The average molecular weight is 501 g/mol. The second-order valence-electron chi connectivity index (χ2n) is 8.02. The van der Waals surface area contributed by atoms with Gasteiger partial charge in [0.2, 0.25) is 12.3 Å². The van der Waals surface area contributed by atoms with Gasteiger partial charge < -0.3 is 16.8 Å². The number of aryl methyl sites for hydroxylation is 1. The molecule has 2 amide bonds. The third kappa shape index (κ3) is 13.0. The summed E-state index contributed by atoms with van der Waals surface area (Å²) in [5.41, 5.74) is 13.5. The van der Waals surface area contributed by atoms with E-state index < -0.39 is 0 Å². The topological polar surface area (TPSA) is 111 Å². The standard InChI is InChI=1S/C22H27N3OS.C3H8.C2H6.CH3NO/c1-15(2)17-8-9-19-20(13-17)27-22(25-19)11-10-21(26)24-18(14-23)12-16-6-4-3-5-7-16;1-3-2;1-2;2-1-3/h3-9,13,15,18H,10-12,14,23H2,1-2H3,(H,24,26);3H2,1-2H3;1-2H3;1H,(H2,2,3). The highest BCUT2D eigenvalue weighted by Gasteiger charge is 2.13. The predicted octanol–water partition coefficient (Wildman–Crippen LogP) is 5.58. The lowest BCUT2D eigenvalue weighted by Gasteiger charge is -2.16. The molecular formula is C28H44N4O2S. The minimum Gasteiger partial charge on any atom is -0.372 e. The number of hydrogen-bond donors (Lipinski definition) is 3. The number of fused-ring (bicyclic) bond motifs is 1. The molecule has 7 heteroatoms. The van der Waals surface area contributed by atoms with Gasteiger partial charge in [-0.3, -0.25) is 9.59 Å². The van der Waals surface area contributed by atoms with Gasteiger partial charge in [0.25, 0.3) is 0 Å². The van der Waals surface area contributed by atoms with Crippen LogP contribution in [0.1, 0.15) is 76.4 Å². The van der Waals surface area contributed by atoms with Crippen molar-refractivity contribution in [2.45, 2.75) is 79.2 Å². The maximum Gasteiger partial charge on any atom is 0.220 e. The first-order valence-electron chi connectivity index (χ1n) is 12.5. The van der Waals surface area contributed by atoms with E-state index in [1.54, 1.807) is 11.3 Å². The van der Waals surface area contributed by atoms with Gasteiger partial charge in [0.05, 0.1) is 15.2 Å². The first kappa shape index (κ1) is 32.2. The Balaban J connectivity index is 0.00000129. The van der Waals surface area contributed by atoms with Gasteiger partial charge in [-0.25, -0.2) is 4.98 Å². The molecule has 0 bridgehead atoms. The fourth-order valence-electron chi connectivity index (χ4n) is 3.07. The van der Waals surface area contributed by atoms with Gasteiger partial charge >= 0.3 is 0 Å². The number of nitrogens with one attached hydrogen (secondary N) is 1. The molecule has 0 fully saturated rings. The molecule has 2 aromatic carbocycles. The van der Waals surface area contributed by atoms with Gasteiger partial charge in [-0.1, -0.05) is 84.4 Å². The molecule has 35 heavy (non-hydrogen) atoms. The summed E-state index contributed by atoms with van der Waals surface area (Å²) >= 11 is 1.68. The van der Waals surface area contributed by atoms with E-state index >= 15 is 0 Å². The molecular weight excluding hydrogens is 456 g/mol. The van der Waals surface area contributed by atoms with Crippen LogP contribution in [0.25, 0.3) is 10.2 Å². The molecule has 1 unspecified atom stereocenters. The van der Waals surface area contributed by atoms with Crippen molar-refractivity contribution in [2.75, 3.05) is 6.54 Å². The van der Waals surface area contributed by atoms with E-state index in [0.29, 0.717) is 25.3 Å². The first-order chi connectivity index (χ1) is 16.9. The quantitative estimate of drug-likeness (QED) is 0.350. The van der Waals surface area contributed by atoms with E-state index in [9.17, 15) is 4.79 Å². The van der Waals surface area contributed by atoms with Crippen LogP contribution in [-0.4, -0.2) is 29.9 Å². The molecule has 0 radical (unpaired) electrons. The van der Waals surface area contributed by atoms with Gasteiger partial charge in [-0.15, -0.1) is 11.3 Å². The van der Waals surface area contributed by atoms with Crippen LogP contribution in [0.4, 0.5) is 0 Å². The Labute approximate surface area is 215 Å². The largest absolute Gasteiger partial charge is 0.372 e. The lowest BCUT2D eigenvalue weighted by molar-refractivity contribution is -0.121. The molecule has 194 valence electrons. The Morgan fingerprint density at radius 3 is 2.26 bits per heavy atom. The Morgan fingerprint density at radius 1 is 1.11 bits per heavy atom. The average Bonchev–Trinajstić information content (AvgIpc) is 3.27. The fraction of sp³-hybridized carbons (Fsp3) is 0.464. The number of hydrogen-bond acceptors (Lipinski definition) is 5. The minimum atomic E-state index is -0.0381. The van der Waals surface area contributed by atoms with Crippen molar-refractivity contribution in [3.05, 3.63) is 64.7 Å². The van der Waals surface area contributed by atoms with E-state index in [-0.39, 0.29) is 18.4 Å².